The summed E-state index contributed by atoms with van der Waals surface area (Å²) in [6.07, 6.45) is 2.49. The molecule has 5 heteroatoms. The number of carboxylic acid groups (broad SMARTS) is 1. The molecule has 0 spiro atoms. The first-order valence-corrected chi connectivity index (χ1v) is 7.19. The number of aryl methyl sites for hydroxylation is 1. The molecule has 96 valence electrons. The van der Waals surface area contributed by atoms with E-state index in [1.165, 1.54) is 0 Å². The highest BCUT2D eigenvalue weighted by Crippen LogP contribution is 2.16. The summed E-state index contributed by atoms with van der Waals surface area (Å²) in [5, 5.41) is 9.14. The maximum Gasteiger partial charge on any atom is 0.337 e. The van der Waals surface area contributed by atoms with Crippen molar-refractivity contribution in [1.29, 1.82) is 0 Å². The summed E-state index contributed by atoms with van der Waals surface area (Å²) >= 11 is 0. The molecule has 1 rings (SSSR count). The second kappa shape index (κ2) is 5.49. The van der Waals surface area contributed by atoms with Crippen LogP contribution in [0.15, 0.2) is 6.07 Å². The number of aromatic carboxylic acids is 1. The lowest BCUT2D eigenvalue weighted by Crippen LogP contribution is -2.14. The van der Waals surface area contributed by atoms with Gasteiger partial charge in [0.25, 0.3) is 0 Å². The van der Waals surface area contributed by atoms with Gasteiger partial charge in [0.15, 0.2) is 0 Å². The molecule has 0 aliphatic rings. The number of hydrogen-bond acceptors (Lipinski definition) is 2. The third kappa shape index (κ3) is 3.19. The average Bonchev–Trinajstić information content (AvgIpc) is 2.51. The molecule has 0 aromatic carbocycles. The third-order valence-corrected chi connectivity index (χ3v) is 4.50. The van der Waals surface area contributed by atoms with Gasteiger partial charge in [-0.25, -0.2) is 4.79 Å². The highest BCUT2D eigenvalue weighted by molar-refractivity contribution is 7.84. The van der Waals surface area contributed by atoms with Crippen LogP contribution in [0.1, 0.15) is 35.1 Å². The molecule has 0 aliphatic heterocycles. The molecule has 1 heterocycles. The predicted octanol–water partition coefficient (Wildman–Crippen LogP) is 1.96. The van der Waals surface area contributed by atoms with Gasteiger partial charge in [0.2, 0.25) is 0 Å². The van der Waals surface area contributed by atoms with E-state index in [0.29, 0.717) is 12.1 Å². The van der Waals surface area contributed by atoms with Crippen molar-refractivity contribution in [3.8, 4) is 0 Å². The van der Waals surface area contributed by atoms with Gasteiger partial charge >= 0.3 is 5.97 Å². The fraction of sp³-hybridized carbons (Fsp3) is 0.583. The molecule has 0 bridgehead atoms. The minimum absolute atomic E-state index is 0.129. The third-order valence-electron chi connectivity index (χ3n) is 3.13. The van der Waals surface area contributed by atoms with Crippen LogP contribution >= 0.6 is 0 Å². The van der Waals surface area contributed by atoms with E-state index < -0.39 is 16.8 Å². The fourth-order valence-electron chi connectivity index (χ4n) is 1.84. The van der Waals surface area contributed by atoms with Gasteiger partial charge in [0.05, 0.1) is 5.56 Å². The van der Waals surface area contributed by atoms with Gasteiger partial charge in [-0.1, -0.05) is 6.92 Å². The van der Waals surface area contributed by atoms with Gasteiger partial charge in [-0.05, 0) is 26.3 Å². The van der Waals surface area contributed by atoms with Gasteiger partial charge in [0, 0.05) is 40.2 Å². The first kappa shape index (κ1) is 14.0. The standard InChI is InChI=1S/C12H19NO3S/c1-8-7-11(12(14)15)10(3)13(8)6-5-9(2)17(4)16/h7,9H,5-6H2,1-4H3,(H,14,15). The van der Waals surface area contributed by atoms with Crippen LogP contribution < -0.4 is 0 Å². The first-order valence-electron chi connectivity index (χ1n) is 5.56. The lowest BCUT2D eigenvalue weighted by molar-refractivity contribution is 0.0696. The van der Waals surface area contributed by atoms with Crippen molar-refractivity contribution in [2.75, 3.05) is 6.26 Å². The lowest BCUT2D eigenvalue weighted by atomic mass is 10.2. The molecule has 1 aromatic heterocycles. The predicted molar refractivity (Wildman–Crippen MR) is 69.0 cm³/mol. The summed E-state index contributed by atoms with van der Waals surface area (Å²) in [5.41, 5.74) is 2.06. The Labute approximate surface area is 104 Å². The van der Waals surface area contributed by atoms with Crippen LogP contribution in [-0.2, 0) is 17.3 Å². The molecule has 0 amide bonds. The Morgan fingerprint density at radius 3 is 2.53 bits per heavy atom. The summed E-state index contributed by atoms with van der Waals surface area (Å²) in [6, 6.07) is 1.69. The van der Waals surface area contributed by atoms with Gasteiger partial charge in [-0.15, -0.1) is 0 Å². The second-order valence-corrected chi connectivity index (χ2v) is 6.14. The van der Waals surface area contributed by atoms with E-state index in [1.54, 1.807) is 12.3 Å². The van der Waals surface area contributed by atoms with Crippen LogP contribution in [0.5, 0.6) is 0 Å². The number of nitrogens with zero attached hydrogens (tertiary/aromatic N) is 1. The Balaban J connectivity index is 2.85. The molecule has 0 aliphatic carbocycles. The summed E-state index contributed by atoms with van der Waals surface area (Å²) in [7, 11) is -0.829. The molecule has 4 nitrogen and oxygen atoms in total. The van der Waals surface area contributed by atoms with E-state index in [1.807, 2.05) is 25.3 Å². The average molecular weight is 257 g/mol. The van der Waals surface area contributed by atoms with E-state index in [0.717, 1.165) is 17.8 Å². The zero-order chi connectivity index (χ0) is 13.2. The minimum Gasteiger partial charge on any atom is -0.478 e. The van der Waals surface area contributed by atoms with Crippen LogP contribution in [0.4, 0.5) is 0 Å². The smallest absolute Gasteiger partial charge is 0.337 e. The monoisotopic (exact) mass is 257 g/mol. The van der Waals surface area contributed by atoms with Gasteiger partial charge in [-0.2, -0.15) is 0 Å². The molecule has 0 fully saturated rings. The SMILES string of the molecule is Cc1cc(C(=O)O)c(C)n1CCC(C)S(C)=O. The van der Waals surface area contributed by atoms with Crippen molar-refractivity contribution in [3.05, 3.63) is 23.0 Å². The maximum absolute atomic E-state index is 11.3. The Morgan fingerprint density at radius 1 is 1.53 bits per heavy atom. The summed E-state index contributed by atoms with van der Waals surface area (Å²) in [4.78, 5) is 11.0. The van der Waals surface area contributed by atoms with Crippen molar-refractivity contribution in [1.82, 2.24) is 4.57 Å². The Hall–Kier alpha value is -1.10. The molecular formula is C12H19NO3S. The molecular weight excluding hydrogens is 238 g/mol. The van der Waals surface area contributed by atoms with E-state index in [9.17, 15) is 9.00 Å². The van der Waals surface area contributed by atoms with E-state index in [4.69, 9.17) is 5.11 Å². The largest absolute Gasteiger partial charge is 0.478 e. The van der Waals surface area contributed by atoms with Crippen LogP contribution in [0, 0.1) is 13.8 Å². The van der Waals surface area contributed by atoms with Crippen molar-refractivity contribution in [2.45, 2.75) is 39.0 Å². The topological polar surface area (TPSA) is 59.3 Å². The summed E-state index contributed by atoms with van der Waals surface area (Å²) in [6.45, 7) is 6.37. The number of carboxylic acids is 1. The lowest BCUT2D eigenvalue weighted by Gasteiger charge is -2.12. The van der Waals surface area contributed by atoms with Crippen molar-refractivity contribution in [3.63, 3.8) is 0 Å². The highest BCUT2D eigenvalue weighted by atomic mass is 32.2. The van der Waals surface area contributed by atoms with E-state index in [-0.39, 0.29) is 5.25 Å². The molecule has 2 unspecified atom stereocenters. The van der Waals surface area contributed by atoms with Crippen LogP contribution in [0.2, 0.25) is 0 Å². The van der Waals surface area contributed by atoms with Crippen molar-refractivity contribution in [2.24, 2.45) is 0 Å². The number of carbonyl (C=O) groups is 1. The molecule has 17 heavy (non-hydrogen) atoms. The Kier molecular flexibility index (Phi) is 4.51. The normalized spacial score (nSPS) is 14.6. The van der Waals surface area contributed by atoms with E-state index in [2.05, 4.69) is 0 Å². The highest BCUT2D eigenvalue weighted by Gasteiger charge is 2.15. The second-order valence-electron chi connectivity index (χ2n) is 4.34. The van der Waals surface area contributed by atoms with Gasteiger partial charge in [-0.3, -0.25) is 4.21 Å². The van der Waals surface area contributed by atoms with Gasteiger partial charge in [0.1, 0.15) is 0 Å². The van der Waals surface area contributed by atoms with Crippen LogP contribution in [-0.4, -0.2) is 31.4 Å². The number of aromatic nitrogens is 1. The first-order chi connectivity index (χ1) is 7.84. The zero-order valence-electron chi connectivity index (χ0n) is 10.7. The Morgan fingerprint density at radius 2 is 2.12 bits per heavy atom. The number of rotatable bonds is 5. The molecule has 1 aromatic rings. The summed E-state index contributed by atoms with van der Waals surface area (Å²) < 4.78 is 13.2. The van der Waals surface area contributed by atoms with Crippen LogP contribution in [0.25, 0.3) is 0 Å². The molecule has 1 N–H and O–H groups in total. The summed E-state index contributed by atoms with van der Waals surface area (Å²) in [5.74, 6) is -0.892. The van der Waals surface area contributed by atoms with Crippen LogP contribution in [0.3, 0.4) is 0 Å². The molecule has 0 saturated carbocycles. The van der Waals surface area contributed by atoms with Crippen molar-refractivity contribution < 1.29 is 14.1 Å². The Bertz CT molecular complexity index is 451. The molecule has 0 radical (unpaired) electrons. The molecule has 0 saturated heterocycles. The fourth-order valence-corrected chi connectivity index (χ4v) is 2.28. The van der Waals surface area contributed by atoms with E-state index >= 15 is 0 Å². The minimum atomic E-state index is -0.892. The maximum atomic E-state index is 11.3. The number of hydrogen-bond donors (Lipinski definition) is 1. The quantitative estimate of drug-likeness (QED) is 0.877. The van der Waals surface area contributed by atoms with Gasteiger partial charge < -0.3 is 9.67 Å². The zero-order valence-corrected chi connectivity index (χ0v) is 11.5. The van der Waals surface area contributed by atoms with Crippen molar-refractivity contribution >= 4 is 16.8 Å². The molecule has 2 atom stereocenters.